The molecule has 1 aromatic heterocycles. The van der Waals surface area contributed by atoms with E-state index in [2.05, 4.69) is 15.5 Å². The van der Waals surface area contributed by atoms with Crippen LogP contribution in [0, 0.1) is 10.1 Å². The number of ether oxygens (including phenoxy) is 1. The van der Waals surface area contributed by atoms with Crippen molar-refractivity contribution < 1.29 is 19.6 Å². The van der Waals surface area contributed by atoms with E-state index in [0.29, 0.717) is 0 Å². The Morgan fingerprint density at radius 3 is 2.87 bits per heavy atom. The highest BCUT2D eigenvalue weighted by molar-refractivity contribution is 5.93. The zero-order chi connectivity index (χ0) is 16.8. The summed E-state index contributed by atoms with van der Waals surface area (Å²) in [4.78, 5) is 25.7. The van der Waals surface area contributed by atoms with Crippen LogP contribution in [0.15, 0.2) is 41.6 Å². The van der Waals surface area contributed by atoms with E-state index >= 15 is 0 Å². The summed E-state index contributed by atoms with van der Waals surface area (Å²) in [7, 11) is 1.27. The van der Waals surface area contributed by atoms with Crippen molar-refractivity contribution in [1.82, 2.24) is 10.4 Å². The molecule has 23 heavy (non-hydrogen) atoms. The number of carbonyl (C=O) groups excluding carboxylic acids is 1. The number of rotatable bonds is 5. The van der Waals surface area contributed by atoms with Gasteiger partial charge in [-0.05, 0) is 18.2 Å². The minimum atomic E-state index is -0.748. The predicted octanol–water partition coefficient (Wildman–Crippen LogP) is 1.47. The number of hydrogen-bond donors (Lipinski definition) is 2. The molecule has 0 saturated carbocycles. The lowest BCUT2D eigenvalue weighted by Gasteiger charge is -2.05. The lowest BCUT2D eigenvalue weighted by atomic mass is 10.2. The Morgan fingerprint density at radius 2 is 2.26 bits per heavy atom. The second-order valence-electron chi connectivity index (χ2n) is 4.26. The second kappa shape index (κ2) is 6.98. The molecule has 1 heterocycles. The number of aromatic hydroxyl groups is 1. The first-order valence-corrected chi connectivity index (χ1v) is 6.32. The first kappa shape index (κ1) is 15.9. The van der Waals surface area contributed by atoms with Crippen LogP contribution in [0.5, 0.6) is 11.5 Å². The predicted molar refractivity (Wildman–Crippen MR) is 80.6 cm³/mol. The van der Waals surface area contributed by atoms with E-state index in [1.54, 1.807) is 12.1 Å². The van der Waals surface area contributed by atoms with Crippen molar-refractivity contribution in [3.05, 3.63) is 57.9 Å². The molecule has 1 amide bonds. The number of phenols is 1. The molecule has 9 nitrogen and oxygen atoms in total. The molecule has 0 atom stereocenters. The van der Waals surface area contributed by atoms with Gasteiger partial charge in [0.2, 0.25) is 5.75 Å². The zero-order valence-corrected chi connectivity index (χ0v) is 12.0. The summed E-state index contributed by atoms with van der Waals surface area (Å²) in [5, 5.41) is 24.2. The van der Waals surface area contributed by atoms with Gasteiger partial charge in [0.25, 0.3) is 5.91 Å². The van der Waals surface area contributed by atoms with Crippen LogP contribution in [0.1, 0.15) is 16.1 Å². The van der Waals surface area contributed by atoms with Crippen LogP contribution < -0.4 is 10.2 Å². The van der Waals surface area contributed by atoms with Crippen LogP contribution in [-0.2, 0) is 0 Å². The maximum absolute atomic E-state index is 11.7. The highest BCUT2D eigenvalue weighted by Gasteiger charge is 2.19. The fraction of sp³-hybridized carbons (Fsp3) is 0.0714. The number of benzene rings is 1. The number of phenolic OH excluding ortho intramolecular Hbond substituents is 1. The van der Waals surface area contributed by atoms with Crippen LogP contribution in [0.4, 0.5) is 5.69 Å². The highest BCUT2D eigenvalue weighted by Crippen LogP contribution is 2.36. The molecule has 0 aliphatic rings. The number of pyridine rings is 1. The van der Waals surface area contributed by atoms with Gasteiger partial charge in [0, 0.05) is 17.8 Å². The van der Waals surface area contributed by atoms with Gasteiger partial charge in [-0.1, -0.05) is 6.07 Å². The number of nitro benzene ring substituents is 1. The smallest absolute Gasteiger partial charge is 0.315 e. The largest absolute Gasteiger partial charge is 0.500 e. The van der Waals surface area contributed by atoms with Crippen molar-refractivity contribution in [2.24, 2.45) is 5.10 Å². The van der Waals surface area contributed by atoms with Gasteiger partial charge in [-0.15, -0.1) is 0 Å². The molecular formula is C14H12N4O5. The van der Waals surface area contributed by atoms with E-state index in [1.165, 1.54) is 31.7 Å². The van der Waals surface area contributed by atoms with Gasteiger partial charge < -0.3 is 9.84 Å². The van der Waals surface area contributed by atoms with Crippen LogP contribution in [0.2, 0.25) is 0 Å². The molecule has 2 rings (SSSR count). The number of hydrogen-bond acceptors (Lipinski definition) is 7. The van der Waals surface area contributed by atoms with Gasteiger partial charge in [0.15, 0.2) is 5.75 Å². The molecule has 9 heteroatoms. The van der Waals surface area contributed by atoms with Crippen LogP contribution in [-0.4, -0.2) is 34.2 Å². The molecule has 0 bridgehead atoms. The van der Waals surface area contributed by atoms with Crippen molar-refractivity contribution in [3.63, 3.8) is 0 Å². The highest BCUT2D eigenvalue weighted by atomic mass is 16.6. The van der Waals surface area contributed by atoms with Gasteiger partial charge >= 0.3 is 5.69 Å². The number of methoxy groups -OCH3 is 1. The number of nitrogens with one attached hydrogen (secondary N) is 1. The van der Waals surface area contributed by atoms with Gasteiger partial charge in [0.05, 0.1) is 18.2 Å². The Bertz CT molecular complexity index is 761. The Hall–Kier alpha value is -3.49. The minimum absolute atomic E-state index is 0.0725. The lowest BCUT2D eigenvalue weighted by Crippen LogP contribution is -2.18. The maximum Gasteiger partial charge on any atom is 0.315 e. The molecule has 0 aliphatic carbocycles. The average molecular weight is 316 g/mol. The fourth-order valence-corrected chi connectivity index (χ4v) is 1.70. The summed E-state index contributed by atoms with van der Waals surface area (Å²) in [6.45, 7) is 0. The van der Waals surface area contributed by atoms with Gasteiger partial charge in [-0.3, -0.25) is 19.9 Å². The lowest BCUT2D eigenvalue weighted by molar-refractivity contribution is -0.386. The Kier molecular flexibility index (Phi) is 4.82. The monoisotopic (exact) mass is 316 g/mol. The summed E-state index contributed by atoms with van der Waals surface area (Å²) in [6, 6.07) is 7.29. The van der Waals surface area contributed by atoms with Crippen molar-refractivity contribution in [1.29, 1.82) is 0 Å². The van der Waals surface area contributed by atoms with E-state index in [4.69, 9.17) is 4.74 Å². The molecule has 0 unspecified atom stereocenters. The number of hydrazone groups is 1. The number of nitrogens with zero attached hydrogens (tertiary/aromatic N) is 3. The summed E-state index contributed by atoms with van der Waals surface area (Å²) in [5.41, 5.74) is 2.17. The van der Waals surface area contributed by atoms with E-state index < -0.39 is 22.3 Å². The normalized spacial score (nSPS) is 10.5. The van der Waals surface area contributed by atoms with Crippen molar-refractivity contribution >= 4 is 17.8 Å². The molecule has 0 fully saturated rings. The molecule has 0 saturated heterocycles. The third kappa shape index (κ3) is 3.79. The van der Waals surface area contributed by atoms with Crippen LogP contribution in [0.3, 0.4) is 0 Å². The van der Waals surface area contributed by atoms with Crippen LogP contribution in [0.25, 0.3) is 0 Å². The molecule has 118 valence electrons. The average Bonchev–Trinajstić information content (AvgIpc) is 2.56. The minimum Gasteiger partial charge on any atom is -0.500 e. The van der Waals surface area contributed by atoms with E-state index in [9.17, 15) is 20.0 Å². The Morgan fingerprint density at radius 1 is 1.48 bits per heavy atom. The summed E-state index contributed by atoms with van der Waals surface area (Å²) < 4.78 is 4.86. The van der Waals surface area contributed by atoms with Gasteiger partial charge in [0.1, 0.15) is 5.69 Å². The molecule has 2 aromatic rings. The zero-order valence-electron chi connectivity index (χ0n) is 12.0. The molecule has 0 spiro atoms. The summed E-state index contributed by atoms with van der Waals surface area (Å²) in [5.74, 6) is -1.18. The summed E-state index contributed by atoms with van der Waals surface area (Å²) >= 11 is 0. The van der Waals surface area contributed by atoms with E-state index in [-0.39, 0.29) is 17.0 Å². The molecule has 0 aliphatic heterocycles. The molecule has 2 N–H and O–H groups in total. The number of amides is 1. The first-order chi connectivity index (χ1) is 11.0. The summed E-state index contributed by atoms with van der Waals surface area (Å²) in [6.07, 6.45) is 2.66. The van der Waals surface area contributed by atoms with Crippen molar-refractivity contribution in [3.8, 4) is 11.5 Å². The Labute approximate surface area is 130 Å². The molecule has 1 aromatic carbocycles. The Balaban J connectivity index is 2.18. The first-order valence-electron chi connectivity index (χ1n) is 6.32. The van der Waals surface area contributed by atoms with Crippen molar-refractivity contribution in [2.45, 2.75) is 0 Å². The third-order valence-electron chi connectivity index (χ3n) is 2.77. The SMILES string of the molecule is COc1cc(/C=N\NC(=O)c2ccccn2)cc([N+](=O)[O-])c1O. The topological polar surface area (TPSA) is 127 Å². The van der Waals surface area contributed by atoms with Gasteiger partial charge in [-0.25, -0.2) is 5.43 Å². The number of carbonyl (C=O) groups is 1. The second-order valence-corrected chi connectivity index (χ2v) is 4.26. The quantitative estimate of drug-likeness (QED) is 0.488. The molecule has 0 radical (unpaired) electrons. The fourth-order valence-electron chi connectivity index (χ4n) is 1.70. The number of nitro groups is 1. The van der Waals surface area contributed by atoms with Crippen LogP contribution >= 0.6 is 0 Å². The van der Waals surface area contributed by atoms with Gasteiger partial charge in [-0.2, -0.15) is 5.10 Å². The third-order valence-corrected chi connectivity index (χ3v) is 2.77. The maximum atomic E-state index is 11.7. The van der Waals surface area contributed by atoms with E-state index in [0.717, 1.165) is 6.07 Å². The molecular weight excluding hydrogens is 304 g/mol. The number of aromatic nitrogens is 1. The van der Waals surface area contributed by atoms with E-state index in [1.807, 2.05) is 0 Å². The standard InChI is InChI=1S/C14H12N4O5/c1-23-12-7-9(6-11(13(12)19)18(21)22)8-16-17-14(20)10-4-2-3-5-15-10/h2-8,19H,1H3,(H,17,20)/b16-8-. The van der Waals surface area contributed by atoms with Crippen molar-refractivity contribution in [2.75, 3.05) is 7.11 Å².